The number of benzene rings is 1. The Bertz CT molecular complexity index is 546. The van der Waals surface area contributed by atoms with Gasteiger partial charge in [0.25, 0.3) is 0 Å². The van der Waals surface area contributed by atoms with E-state index in [2.05, 4.69) is 0 Å². The Hall–Kier alpha value is -0.503. The van der Waals surface area contributed by atoms with Crippen molar-refractivity contribution in [2.45, 2.75) is 50.1 Å². The van der Waals surface area contributed by atoms with Crippen LogP contribution in [0.4, 0.5) is 26.3 Å². The second-order valence-corrected chi connectivity index (χ2v) is 6.84. The summed E-state index contributed by atoms with van der Waals surface area (Å²) in [5.41, 5.74) is -5.54. The van der Waals surface area contributed by atoms with Crippen LogP contribution in [0.25, 0.3) is 0 Å². The molecule has 0 atom stereocenters. The Morgan fingerprint density at radius 2 is 1.38 bits per heavy atom. The van der Waals surface area contributed by atoms with E-state index in [0.717, 1.165) is 19.3 Å². The van der Waals surface area contributed by atoms with E-state index >= 15 is 0 Å². The van der Waals surface area contributed by atoms with Crippen molar-refractivity contribution in [1.29, 1.82) is 0 Å². The maximum absolute atomic E-state index is 13.0. The standard InChI is InChI=1S/C15H14F6OP.Li/c16-14(17,18)10-7-4-8-11(15(19,20)21)12(10)13(22)23-9-5-2-1-3-6-9;/h4,7-9H,1-3,5-6H2;/q-1;+1. The van der Waals surface area contributed by atoms with E-state index in [0.29, 0.717) is 31.0 Å². The van der Waals surface area contributed by atoms with Crippen molar-refractivity contribution in [3.63, 3.8) is 0 Å². The molecule has 128 valence electrons. The predicted molar refractivity (Wildman–Crippen MR) is 74.6 cm³/mol. The zero-order valence-electron chi connectivity index (χ0n) is 13.0. The van der Waals surface area contributed by atoms with E-state index in [-0.39, 0.29) is 33.1 Å². The maximum atomic E-state index is 13.0. The first-order valence-corrected chi connectivity index (χ1v) is 8.09. The molecule has 0 spiro atoms. The summed E-state index contributed by atoms with van der Waals surface area (Å²) in [5.74, 6) is 0. The molecular weight excluding hydrogens is 348 g/mol. The molecule has 2 rings (SSSR count). The summed E-state index contributed by atoms with van der Waals surface area (Å²) in [5, 5.41) is 0. The number of alkyl halides is 6. The molecule has 0 unspecified atom stereocenters. The molecule has 1 saturated carbocycles. The van der Waals surface area contributed by atoms with Crippen molar-refractivity contribution in [2.24, 2.45) is 0 Å². The van der Waals surface area contributed by atoms with Gasteiger partial charge in [-0.25, -0.2) is 0 Å². The van der Waals surface area contributed by atoms with Crippen LogP contribution in [0.1, 0.15) is 53.6 Å². The van der Waals surface area contributed by atoms with Crippen molar-refractivity contribution in [3.05, 3.63) is 34.9 Å². The summed E-state index contributed by atoms with van der Waals surface area (Å²) in [6.07, 6.45) is -6.03. The van der Waals surface area contributed by atoms with Crippen molar-refractivity contribution in [1.82, 2.24) is 0 Å². The molecular formula is C15H14F6LiOP. The summed E-state index contributed by atoms with van der Waals surface area (Å²) in [7, 11) is 0.0200. The Kier molecular flexibility index (Phi) is 7.41. The van der Waals surface area contributed by atoms with Gasteiger partial charge in [-0.05, 0) is 12.1 Å². The van der Waals surface area contributed by atoms with Crippen molar-refractivity contribution < 1.29 is 50.0 Å². The zero-order valence-corrected chi connectivity index (χ0v) is 13.9. The topological polar surface area (TPSA) is 17.1 Å². The molecule has 0 radical (unpaired) electrons. The van der Waals surface area contributed by atoms with Gasteiger partial charge in [0.2, 0.25) is 0 Å². The van der Waals surface area contributed by atoms with Gasteiger partial charge in [0, 0.05) is 11.1 Å². The normalized spacial score (nSPS) is 17.1. The van der Waals surface area contributed by atoms with Crippen LogP contribution in [-0.4, -0.2) is 11.2 Å². The van der Waals surface area contributed by atoms with Gasteiger partial charge in [-0.2, -0.15) is 32.0 Å². The third-order valence-corrected chi connectivity index (χ3v) is 5.10. The molecule has 1 aliphatic carbocycles. The van der Waals surface area contributed by atoms with Gasteiger partial charge in [0.1, 0.15) is 0 Å². The number of halogens is 6. The number of rotatable bonds is 3. The number of hydrogen-bond acceptors (Lipinski definition) is 1. The van der Waals surface area contributed by atoms with Crippen LogP contribution >= 0.6 is 8.58 Å². The fourth-order valence-corrected chi connectivity index (χ4v) is 4.02. The minimum absolute atomic E-state index is 0. The first kappa shape index (κ1) is 21.5. The first-order chi connectivity index (χ1) is 10.6. The Labute approximate surface area is 149 Å². The summed E-state index contributed by atoms with van der Waals surface area (Å²) in [6.45, 7) is 0. The fourth-order valence-electron chi connectivity index (χ4n) is 2.70. The minimum atomic E-state index is -5.01. The van der Waals surface area contributed by atoms with Gasteiger partial charge in [0.05, 0.1) is 11.1 Å². The average Bonchev–Trinajstić information content (AvgIpc) is 2.45. The molecule has 9 heteroatoms. The molecule has 1 nitrogen and oxygen atoms in total. The van der Waals surface area contributed by atoms with E-state index in [4.69, 9.17) is 0 Å². The molecule has 1 fully saturated rings. The monoisotopic (exact) mass is 362 g/mol. The van der Waals surface area contributed by atoms with Gasteiger partial charge in [-0.3, -0.25) is 0 Å². The van der Waals surface area contributed by atoms with Crippen LogP contribution in [0.3, 0.4) is 0 Å². The third kappa shape index (κ3) is 5.24. The van der Waals surface area contributed by atoms with Gasteiger partial charge >= 0.3 is 31.2 Å². The molecule has 1 aliphatic rings. The average molecular weight is 362 g/mol. The molecule has 1 aromatic carbocycles. The zero-order chi connectivity index (χ0) is 17.3. The molecule has 0 saturated heterocycles. The van der Waals surface area contributed by atoms with E-state index < -0.39 is 34.6 Å². The van der Waals surface area contributed by atoms with E-state index in [1.54, 1.807) is 0 Å². The van der Waals surface area contributed by atoms with Crippen LogP contribution < -0.4 is 18.9 Å². The summed E-state index contributed by atoms with van der Waals surface area (Å²) in [4.78, 5) is 12.2. The van der Waals surface area contributed by atoms with Gasteiger partial charge < -0.3 is 13.4 Å². The molecule has 0 aromatic heterocycles. The van der Waals surface area contributed by atoms with Gasteiger partial charge in [-0.15, -0.1) is 0 Å². The Morgan fingerprint density at radius 1 is 0.917 bits per heavy atom. The summed E-state index contributed by atoms with van der Waals surface area (Å²) in [6, 6.07) is 1.73. The van der Waals surface area contributed by atoms with Crippen molar-refractivity contribution in [2.75, 3.05) is 0 Å². The minimum Gasteiger partial charge on any atom is -0.456 e. The molecule has 0 bridgehead atoms. The molecule has 0 amide bonds. The second-order valence-electron chi connectivity index (χ2n) is 5.45. The van der Waals surface area contributed by atoms with Crippen LogP contribution in [0.15, 0.2) is 18.2 Å². The second kappa shape index (κ2) is 8.25. The van der Waals surface area contributed by atoms with Gasteiger partial charge in [0.15, 0.2) is 0 Å². The molecule has 0 aliphatic heterocycles. The molecule has 1 aromatic rings. The molecule has 24 heavy (non-hydrogen) atoms. The third-order valence-electron chi connectivity index (χ3n) is 3.76. The van der Waals surface area contributed by atoms with Crippen LogP contribution in [0.5, 0.6) is 0 Å². The summed E-state index contributed by atoms with van der Waals surface area (Å²) >= 11 is 0. The van der Waals surface area contributed by atoms with Crippen LogP contribution in [-0.2, 0) is 12.4 Å². The van der Waals surface area contributed by atoms with Gasteiger partial charge in [-0.1, -0.05) is 38.2 Å². The van der Waals surface area contributed by atoms with Crippen LogP contribution in [0, 0.1) is 0 Å². The number of carbonyl (C=O) groups excluding carboxylic acids is 1. The number of carbonyl (C=O) groups is 1. The smallest absolute Gasteiger partial charge is 0.456 e. The van der Waals surface area contributed by atoms with E-state index in [9.17, 15) is 31.1 Å². The van der Waals surface area contributed by atoms with Crippen LogP contribution in [0.2, 0.25) is 0 Å². The fraction of sp³-hybridized carbons (Fsp3) is 0.533. The first-order valence-electron chi connectivity index (χ1n) is 7.13. The Balaban J connectivity index is 0.00000288. The van der Waals surface area contributed by atoms with Crippen molar-refractivity contribution in [3.8, 4) is 0 Å². The molecule has 0 N–H and O–H groups in total. The summed E-state index contributed by atoms with van der Waals surface area (Å²) < 4.78 is 78.2. The largest absolute Gasteiger partial charge is 1.00 e. The van der Waals surface area contributed by atoms with E-state index in [1.165, 1.54) is 0 Å². The van der Waals surface area contributed by atoms with E-state index in [1.807, 2.05) is 0 Å². The Morgan fingerprint density at radius 3 is 1.79 bits per heavy atom. The quantitative estimate of drug-likeness (QED) is 0.459. The predicted octanol–water partition coefficient (Wildman–Crippen LogP) is 3.15. The van der Waals surface area contributed by atoms with Crippen molar-refractivity contribution >= 4 is 14.1 Å². The number of hydrogen-bond donors (Lipinski definition) is 0. The maximum Gasteiger partial charge on any atom is 1.00 e. The SMILES string of the molecule is O=C([P-]C1CCCCC1)c1c(C(F)(F)F)cccc1C(F)(F)F.[Li+]. The molecule has 0 heterocycles.